The molecule has 1 rings (SSSR count). The number of unbranched alkanes of at least 4 members (excludes halogenated alkanes) is 1. The minimum Gasteiger partial charge on any atom is -0.461 e. The maximum atomic E-state index is 10.9. The number of hydrogen-bond donors (Lipinski definition) is 1. The first-order valence-corrected chi connectivity index (χ1v) is 8.70. The van der Waals surface area contributed by atoms with Gasteiger partial charge >= 0.3 is 5.97 Å². The van der Waals surface area contributed by atoms with Crippen molar-refractivity contribution in [2.75, 3.05) is 13.2 Å². The third-order valence-corrected chi connectivity index (χ3v) is 3.48. The molecular weight excluding hydrogens is 300 g/mol. The average Bonchev–Trinajstić information content (AvgIpc) is 2.98. The van der Waals surface area contributed by atoms with E-state index in [0.29, 0.717) is 30.9 Å². The smallest absolute Gasteiger partial charge is 0.306 e. The van der Waals surface area contributed by atoms with Gasteiger partial charge in [-0.1, -0.05) is 38.7 Å². The number of esters is 1. The lowest BCUT2D eigenvalue weighted by Gasteiger charge is -2.00. The molecule has 0 heterocycles. The van der Waals surface area contributed by atoms with Crippen LogP contribution in [-0.4, -0.2) is 29.7 Å². The Kier molecular flexibility index (Phi) is 19.5. The van der Waals surface area contributed by atoms with E-state index in [-0.39, 0.29) is 5.97 Å². The molecule has 0 amide bonds. The molecule has 0 spiro atoms. The number of ether oxygens (including phenoxy) is 1. The van der Waals surface area contributed by atoms with E-state index >= 15 is 0 Å². The number of hydrogen-bond acceptors (Lipinski definition) is 3. The molecule has 2 unspecified atom stereocenters. The van der Waals surface area contributed by atoms with Gasteiger partial charge in [0.05, 0.1) is 0 Å². The van der Waals surface area contributed by atoms with Crippen LogP contribution >= 0.6 is 11.6 Å². The van der Waals surface area contributed by atoms with Gasteiger partial charge in [0.1, 0.15) is 6.61 Å². The topological polar surface area (TPSA) is 46.5 Å². The maximum Gasteiger partial charge on any atom is 0.306 e. The summed E-state index contributed by atoms with van der Waals surface area (Å²) in [5, 5.41) is 8.97. The molecule has 3 nitrogen and oxygen atoms in total. The van der Waals surface area contributed by atoms with Crippen molar-refractivity contribution in [2.24, 2.45) is 5.92 Å². The van der Waals surface area contributed by atoms with Crippen molar-refractivity contribution in [3.63, 3.8) is 0 Å². The summed E-state index contributed by atoms with van der Waals surface area (Å²) in [6, 6.07) is 0. The zero-order valence-corrected chi connectivity index (χ0v) is 15.1. The predicted octanol–water partition coefficient (Wildman–Crippen LogP) is 4.87. The Bertz CT molecular complexity index is 290. The number of carbonyl (C=O) groups excluding carboxylic acids is 1. The fourth-order valence-corrected chi connectivity index (χ4v) is 2.31. The molecule has 0 aromatic heterocycles. The van der Waals surface area contributed by atoms with E-state index in [4.69, 9.17) is 21.4 Å². The Morgan fingerprint density at radius 1 is 1.41 bits per heavy atom. The van der Waals surface area contributed by atoms with Crippen LogP contribution in [0.5, 0.6) is 0 Å². The Morgan fingerprint density at radius 2 is 2.09 bits per heavy atom. The quantitative estimate of drug-likeness (QED) is 0.313. The van der Waals surface area contributed by atoms with Crippen molar-refractivity contribution < 1.29 is 14.6 Å². The van der Waals surface area contributed by atoms with E-state index in [1.54, 1.807) is 6.08 Å². The van der Waals surface area contributed by atoms with Gasteiger partial charge in [-0.05, 0) is 44.9 Å². The molecule has 1 aliphatic carbocycles. The Hall–Kier alpha value is -0.800. The fourth-order valence-electron chi connectivity index (χ4n) is 1.93. The minimum absolute atomic E-state index is 0.139. The Balaban J connectivity index is 0. The lowest BCUT2D eigenvalue weighted by Crippen LogP contribution is -2.03. The second-order valence-corrected chi connectivity index (χ2v) is 5.51. The molecule has 0 aromatic rings. The zero-order chi connectivity index (χ0) is 17.2. The largest absolute Gasteiger partial charge is 0.461 e. The van der Waals surface area contributed by atoms with Gasteiger partial charge in [-0.25, -0.2) is 0 Å². The van der Waals surface area contributed by atoms with Crippen LogP contribution in [0.3, 0.4) is 0 Å². The highest BCUT2D eigenvalue weighted by molar-refractivity contribution is 6.20. The van der Waals surface area contributed by atoms with E-state index in [1.807, 2.05) is 32.9 Å². The highest BCUT2D eigenvalue weighted by Crippen LogP contribution is 2.28. The first kappa shape index (κ1) is 23.5. The SMILES string of the molecule is C=CCOC(=O)CCC/C=C\C.CC.OCC1CCC(Cl)C1. The molecule has 130 valence electrons. The summed E-state index contributed by atoms with van der Waals surface area (Å²) in [5.74, 6) is 0.358. The van der Waals surface area contributed by atoms with E-state index in [0.717, 1.165) is 32.1 Å². The van der Waals surface area contributed by atoms with Crippen molar-refractivity contribution in [2.45, 2.75) is 64.7 Å². The van der Waals surface area contributed by atoms with Crippen LogP contribution in [0, 0.1) is 5.92 Å². The number of halogens is 1. The van der Waals surface area contributed by atoms with E-state index < -0.39 is 0 Å². The average molecular weight is 333 g/mol. The zero-order valence-electron chi connectivity index (χ0n) is 14.4. The summed E-state index contributed by atoms with van der Waals surface area (Å²) in [5.41, 5.74) is 0. The van der Waals surface area contributed by atoms with Crippen LogP contribution in [0.4, 0.5) is 0 Å². The monoisotopic (exact) mass is 332 g/mol. The predicted molar refractivity (Wildman–Crippen MR) is 95.2 cm³/mol. The van der Waals surface area contributed by atoms with Gasteiger partial charge in [0.15, 0.2) is 0 Å². The third kappa shape index (κ3) is 15.6. The number of allylic oxidation sites excluding steroid dienone is 2. The van der Waals surface area contributed by atoms with Crippen molar-refractivity contribution in [1.29, 1.82) is 0 Å². The molecule has 0 aliphatic heterocycles. The fraction of sp³-hybridized carbons (Fsp3) is 0.722. The number of aliphatic hydroxyl groups is 1. The summed E-state index contributed by atoms with van der Waals surface area (Å²) >= 11 is 5.77. The van der Waals surface area contributed by atoms with Crippen molar-refractivity contribution in [3.8, 4) is 0 Å². The molecule has 0 radical (unpaired) electrons. The second-order valence-electron chi connectivity index (χ2n) is 4.89. The summed E-state index contributed by atoms with van der Waals surface area (Å²) in [6.07, 6.45) is 11.1. The van der Waals surface area contributed by atoms with E-state index in [1.165, 1.54) is 0 Å². The van der Waals surface area contributed by atoms with E-state index in [2.05, 4.69) is 6.58 Å². The molecular formula is C18H33ClO3. The third-order valence-electron chi connectivity index (χ3n) is 3.09. The maximum absolute atomic E-state index is 10.9. The Morgan fingerprint density at radius 3 is 2.50 bits per heavy atom. The van der Waals surface area contributed by atoms with E-state index in [9.17, 15) is 4.79 Å². The van der Waals surface area contributed by atoms with Crippen LogP contribution < -0.4 is 0 Å². The van der Waals surface area contributed by atoms with Crippen molar-refractivity contribution in [3.05, 3.63) is 24.8 Å². The van der Waals surface area contributed by atoms with Crippen LogP contribution in [0.15, 0.2) is 24.8 Å². The number of rotatable bonds is 7. The first-order chi connectivity index (χ1) is 10.6. The highest BCUT2D eigenvalue weighted by Gasteiger charge is 2.21. The van der Waals surface area contributed by atoms with Crippen LogP contribution in [0.1, 0.15) is 59.3 Å². The van der Waals surface area contributed by atoms with Gasteiger partial charge in [-0.2, -0.15) is 0 Å². The number of aliphatic hydroxyl groups excluding tert-OH is 1. The standard InChI is InChI=1S/C10H16O2.C6H11ClO.C2H6/c1-3-5-6-7-8-10(11)12-9-4-2;7-6-2-1-5(3-6)4-8;1-2/h3-5H,2,6-9H2,1H3;5-6,8H,1-4H2;1-2H3/b5-3-;;. The number of carbonyl (C=O) groups is 1. The van der Waals surface area contributed by atoms with Gasteiger partial charge in [0.2, 0.25) is 0 Å². The van der Waals surface area contributed by atoms with Gasteiger partial charge in [-0.3, -0.25) is 4.79 Å². The summed E-state index contributed by atoms with van der Waals surface area (Å²) in [7, 11) is 0. The normalized spacial score (nSPS) is 19.7. The molecule has 0 aromatic carbocycles. The molecule has 1 fully saturated rings. The molecule has 2 atom stereocenters. The lowest BCUT2D eigenvalue weighted by molar-refractivity contribution is -0.142. The second kappa shape index (κ2) is 18.2. The Labute approximate surface area is 141 Å². The molecule has 1 saturated carbocycles. The van der Waals surface area contributed by atoms with Gasteiger partial charge < -0.3 is 9.84 Å². The molecule has 0 saturated heterocycles. The lowest BCUT2D eigenvalue weighted by atomic mass is 10.1. The van der Waals surface area contributed by atoms with Gasteiger partial charge in [0.25, 0.3) is 0 Å². The summed E-state index contributed by atoms with van der Waals surface area (Å²) < 4.78 is 4.79. The summed E-state index contributed by atoms with van der Waals surface area (Å²) in [4.78, 5) is 10.9. The molecule has 22 heavy (non-hydrogen) atoms. The summed E-state index contributed by atoms with van der Waals surface area (Å²) in [6.45, 7) is 10.1. The first-order valence-electron chi connectivity index (χ1n) is 8.26. The molecule has 4 heteroatoms. The van der Waals surface area contributed by atoms with Crippen LogP contribution in [0.2, 0.25) is 0 Å². The minimum atomic E-state index is -0.139. The molecule has 1 N–H and O–H groups in total. The van der Waals surface area contributed by atoms with Gasteiger partial charge in [0, 0.05) is 18.4 Å². The van der Waals surface area contributed by atoms with Crippen molar-refractivity contribution >= 4 is 17.6 Å². The molecule has 1 aliphatic rings. The number of alkyl halides is 1. The van der Waals surface area contributed by atoms with Crippen LogP contribution in [-0.2, 0) is 9.53 Å². The highest BCUT2D eigenvalue weighted by atomic mass is 35.5. The van der Waals surface area contributed by atoms with Gasteiger partial charge in [-0.15, -0.1) is 11.6 Å². The van der Waals surface area contributed by atoms with Crippen molar-refractivity contribution in [1.82, 2.24) is 0 Å². The molecule has 0 bridgehead atoms. The van der Waals surface area contributed by atoms with Crippen LogP contribution in [0.25, 0.3) is 0 Å².